The molecule has 0 aromatic carbocycles. The first-order chi connectivity index (χ1) is 9.59. The molecule has 0 aliphatic heterocycles. The Hall–Kier alpha value is -1.79. The molecule has 0 saturated heterocycles. The fourth-order valence-corrected chi connectivity index (χ4v) is 2.80. The van der Waals surface area contributed by atoms with Crippen LogP contribution in [-0.4, -0.2) is 16.5 Å². The summed E-state index contributed by atoms with van der Waals surface area (Å²) in [4.78, 5) is 15.0. The summed E-state index contributed by atoms with van der Waals surface area (Å²) in [6.45, 7) is 4.86. The van der Waals surface area contributed by atoms with E-state index in [1.807, 2.05) is 0 Å². The van der Waals surface area contributed by atoms with E-state index < -0.39 is 0 Å². The number of rotatable bonds is 6. The second kappa shape index (κ2) is 6.58. The highest BCUT2D eigenvalue weighted by atomic mass is 32.1. The lowest BCUT2D eigenvalue weighted by atomic mass is 10.1. The third-order valence-corrected chi connectivity index (χ3v) is 3.95. The number of hydrogen-bond donors (Lipinski definition) is 1. The zero-order valence-corrected chi connectivity index (χ0v) is 12.4. The predicted octanol–water partition coefficient (Wildman–Crippen LogP) is 3.00. The topological polar surface area (TPSA) is 68.1 Å². The summed E-state index contributed by atoms with van der Waals surface area (Å²) in [5.41, 5.74) is 3.48. The highest BCUT2D eigenvalue weighted by Crippen LogP contribution is 2.23. The summed E-state index contributed by atoms with van der Waals surface area (Å²) >= 11 is 1.69. The molecule has 0 radical (unpaired) electrons. The van der Waals surface area contributed by atoms with Crippen molar-refractivity contribution in [3.8, 4) is 0 Å². The number of nitrogens with one attached hydrogen (secondary N) is 1. The van der Waals surface area contributed by atoms with E-state index in [1.54, 1.807) is 31.4 Å². The summed E-state index contributed by atoms with van der Waals surface area (Å²) in [5, 5.41) is 18.5. The summed E-state index contributed by atoms with van der Waals surface area (Å²) < 4.78 is 0. The molecule has 106 valence electrons. The van der Waals surface area contributed by atoms with Crippen molar-refractivity contribution in [2.75, 3.05) is 6.54 Å². The largest absolute Gasteiger partial charge is 0.311 e. The van der Waals surface area contributed by atoms with Gasteiger partial charge in [0.1, 0.15) is 0 Å². The normalized spacial score (nSPS) is 10.7. The number of thiophene rings is 1. The molecule has 2 aromatic rings. The van der Waals surface area contributed by atoms with Gasteiger partial charge in [0.2, 0.25) is 0 Å². The van der Waals surface area contributed by atoms with Crippen molar-refractivity contribution in [2.24, 2.45) is 0 Å². The lowest BCUT2D eigenvalue weighted by Crippen LogP contribution is -2.18. The average Bonchev–Trinajstić information content (AvgIpc) is 2.89. The van der Waals surface area contributed by atoms with Crippen LogP contribution in [0.15, 0.2) is 23.0 Å². The molecule has 0 aliphatic rings. The van der Waals surface area contributed by atoms with Crippen LogP contribution < -0.4 is 5.32 Å². The summed E-state index contributed by atoms with van der Waals surface area (Å²) in [7, 11) is 0. The van der Waals surface area contributed by atoms with Gasteiger partial charge in [-0.2, -0.15) is 11.3 Å². The molecule has 0 bridgehead atoms. The number of aryl methyl sites for hydroxylation is 1. The highest BCUT2D eigenvalue weighted by molar-refractivity contribution is 7.07. The van der Waals surface area contributed by atoms with E-state index in [1.165, 1.54) is 5.56 Å². The molecule has 1 N–H and O–H groups in total. The molecule has 0 aliphatic carbocycles. The van der Waals surface area contributed by atoms with Crippen LogP contribution in [0.4, 0.5) is 5.69 Å². The maximum absolute atomic E-state index is 11.0. The van der Waals surface area contributed by atoms with E-state index in [0.29, 0.717) is 17.7 Å². The first kappa shape index (κ1) is 14.6. The zero-order chi connectivity index (χ0) is 14.5. The molecule has 0 fully saturated rings. The van der Waals surface area contributed by atoms with Crippen LogP contribution >= 0.6 is 11.3 Å². The Morgan fingerprint density at radius 3 is 2.90 bits per heavy atom. The van der Waals surface area contributed by atoms with Gasteiger partial charge in [0.15, 0.2) is 0 Å². The number of aromatic nitrogens is 1. The maximum Gasteiger partial charge on any atom is 0.278 e. The maximum atomic E-state index is 11.0. The van der Waals surface area contributed by atoms with Crippen LogP contribution in [-0.2, 0) is 13.0 Å². The molecule has 2 rings (SSSR count). The smallest absolute Gasteiger partial charge is 0.278 e. The van der Waals surface area contributed by atoms with Gasteiger partial charge in [-0.05, 0) is 49.2 Å². The fourth-order valence-electron chi connectivity index (χ4n) is 2.10. The van der Waals surface area contributed by atoms with Gasteiger partial charge in [-0.15, -0.1) is 0 Å². The number of nitrogens with zero attached hydrogens (tertiary/aromatic N) is 2. The minimum absolute atomic E-state index is 0.176. The van der Waals surface area contributed by atoms with Crippen LogP contribution in [0.2, 0.25) is 0 Å². The van der Waals surface area contributed by atoms with E-state index in [9.17, 15) is 10.1 Å². The molecule has 0 atom stereocenters. The van der Waals surface area contributed by atoms with E-state index in [0.717, 1.165) is 18.7 Å². The summed E-state index contributed by atoms with van der Waals surface area (Å²) in [6.07, 6.45) is 2.53. The van der Waals surface area contributed by atoms with Gasteiger partial charge in [0.05, 0.1) is 10.6 Å². The number of pyridine rings is 1. The highest BCUT2D eigenvalue weighted by Gasteiger charge is 2.18. The quantitative estimate of drug-likeness (QED) is 0.504. The van der Waals surface area contributed by atoms with Gasteiger partial charge in [-0.25, -0.2) is 0 Å². The van der Waals surface area contributed by atoms with Gasteiger partial charge >= 0.3 is 0 Å². The Morgan fingerprint density at radius 1 is 1.45 bits per heavy atom. The third kappa shape index (κ3) is 3.40. The Bertz CT molecular complexity index is 597. The van der Waals surface area contributed by atoms with Gasteiger partial charge in [-0.1, -0.05) is 0 Å². The Morgan fingerprint density at radius 2 is 2.25 bits per heavy atom. The van der Waals surface area contributed by atoms with Crippen LogP contribution in [0.5, 0.6) is 0 Å². The van der Waals surface area contributed by atoms with E-state index >= 15 is 0 Å². The fraction of sp³-hybridized carbons (Fsp3) is 0.357. The van der Waals surface area contributed by atoms with Gasteiger partial charge in [0, 0.05) is 23.9 Å². The number of hydrogen-bond acceptors (Lipinski definition) is 5. The van der Waals surface area contributed by atoms with Crippen molar-refractivity contribution in [2.45, 2.75) is 26.8 Å². The van der Waals surface area contributed by atoms with Crippen molar-refractivity contribution in [3.05, 3.63) is 55.5 Å². The number of nitro groups is 1. The molecule has 2 aromatic heterocycles. The molecular weight excluding hydrogens is 274 g/mol. The van der Waals surface area contributed by atoms with Crippen molar-refractivity contribution < 1.29 is 4.92 Å². The van der Waals surface area contributed by atoms with Crippen LogP contribution in [0.1, 0.15) is 22.4 Å². The van der Waals surface area contributed by atoms with Crippen molar-refractivity contribution in [3.63, 3.8) is 0 Å². The van der Waals surface area contributed by atoms with E-state index in [2.05, 4.69) is 27.1 Å². The van der Waals surface area contributed by atoms with Gasteiger partial charge in [-0.3, -0.25) is 15.1 Å². The van der Waals surface area contributed by atoms with Crippen molar-refractivity contribution in [1.82, 2.24) is 10.3 Å². The zero-order valence-electron chi connectivity index (χ0n) is 11.5. The molecular formula is C14H17N3O2S. The monoisotopic (exact) mass is 291 g/mol. The minimum atomic E-state index is -0.332. The third-order valence-electron chi connectivity index (χ3n) is 3.22. The lowest BCUT2D eigenvalue weighted by Gasteiger charge is -2.08. The molecule has 0 saturated carbocycles. The van der Waals surface area contributed by atoms with Gasteiger partial charge < -0.3 is 5.32 Å². The molecule has 2 heterocycles. The predicted molar refractivity (Wildman–Crippen MR) is 80.1 cm³/mol. The molecule has 0 spiro atoms. The van der Waals surface area contributed by atoms with Crippen LogP contribution in [0.25, 0.3) is 0 Å². The second-order valence-corrected chi connectivity index (χ2v) is 5.46. The molecule has 0 amide bonds. The Balaban J connectivity index is 1.96. The standard InChI is InChI=1S/C14H17N3O2S/c1-10-7-16-13(11(2)14(10)17(18)19)8-15-5-3-12-4-6-20-9-12/h4,6-7,9,15H,3,5,8H2,1-2H3. The van der Waals surface area contributed by atoms with E-state index in [4.69, 9.17) is 0 Å². The first-order valence-electron chi connectivity index (χ1n) is 6.41. The summed E-state index contributed by atoms with van der Waals surface area (Å²) in [5.74, 6) is 0. The SMILES string of the molecule is Cc1cnc(CNCCc2ccsc2)c(C)c1[N+](=O)[O-]. The van der Waals surface area contributed by atoms with Crippen molar-refractivity contribution >= 4 is 17.0 Å². The molecule has 6 heteroatoms. The van der Waals surface area contributed by atoms with Crippen LogP contribution in [0, 0.1) is 24.0 Å². The Kier molecular flexibility index (Phi) is 4.81. The van der Waals surface area contributed by atoms with Crippen molar-refractivity contribution in [1.29, 1.82) is 0 Å². The second-order valence-electron chi connectivity index (χ2n) is 4.68. The average molecular weight is 291 g/mol. The first-order valence-corrected chi connectivity index (χ1v) is 7.35. The van der Waals surface area contributed by atoms with E-state index in [-0.39, 0.29) is 10.6 Å². The Labute approximate surface area is 121 Å². The van der Waals surface area contributed by atoms with Gasteiger partial charge in [0.25, 0.3) is 5.69 Å². The molecule has 20 heavy (non-hydrogen) atoms. The lowest BCUT2D eigenvalue weighted by molar-refractivity contribution is -0.386. The molecule has 0 unspecified atom stereocenters. The summed E-state index contributed by atoms with van der Waals surface area (Å²) in [6, 6.07) is 2.10. The minimum Gasteiger partial charge on any atom is -0.311 e. The van der Waals surface area contributed by atoms with Crippen LogP contribution in [0.3, 0.4) is 0 Å². The molecule has 5 nitrogen and oxygen atoms in total.